The minimum Gasteiger partial charge on any atom is -0.477 e. The van der Waals surface area contributed by atoms with Gasteiger partial charge in [0.1, 0.15) is 67.1 Å². The van der Waals surface area contributed by atoms with Gasteiger partial charge in [0.05, 0.1) is 45.0 Å². The molecule has 1 aromatic carbocycles. The Balaban J connectivity index is 1.59. The van der Waals surface area contributed by atoms with E-state index < -0.39 is 136 Å². The van der Waals surface area contributed by atoms with Crippen molar-refractivity contribution >= 4 is 11.9 Å². The molecule has 21 heteroatoms. The number of hydrogen-bond acceptors (Lipinski definition) is 19. The number of aliphatic hydroxyl groups is 10. The van der Waals surface area contributed by atoms with E-state index in [1.54, 1.807) is 37.4 Å². The van der Waals surface area contributed by atoms with Gasteiger partial charge in [0.2, 0.25) is 5.91 Å². The predicted molar refractivity (Wildman–Crippen MR) is 172 cm³/mol. The lowest BCUT2D eigenvalue weighted by Crippen LogP contribution is -2.71. The van der Waals surface area contributed by atoms with Crippen molar-refractivity contribution in [1.29, 1.82) is 0 Å². The lowest BCUT2D eigenvalue weighted by atomic mass is 9.88. The van der Waals surface area contributed by atoms with Crippen LogP contribution in [0.25, 0.3) is 0 Å². The second-order valence-corrected chi connectivity index (χ2v) is 13.0. The summed E-state index contributed by atoms with van der Waals surface area (Å²) in [5, 5.41) is 122. The molecule has 0 bridgehead atoms. The zero-order valence-corrected chi connectivity index (χ0v) is 28.7. The molecule has 4 rings (SSSR count). The number of aliphatic carboxylic acids is 1. The van der Waals surface area contributed by atoms with Gasteiger partial charge in [-0.1, -0.05) is 30.3 Å². The molecular formula is C32H50N2O19. The number of amides is 1. The maximum atomic E-state index is 13.0. The third kappa shape index (κ3) is 10.0. The molecule has 1 amide bonds. The zero-order chi connectivity index (χ0) is 39.0. The third-order valence-corrected chi connectivity index (χ3v) is 9.25. The molecule has 53 heavy (non-hydrogen) atoms. The van der Waals surface area contributed by atoms with E-state index >= 15 is 0 Å². The largest absolute Gasteiger partial charge is 0.477 e. The van der Waals surface area contributed by atoms with E-state index in [9.17, 15) is 65.8 Å². The molecule has 16 atom stereocenters. The van der Waals surface area contributed by atoms with Crippen molar-refractivity contribution in [3.8, 4) is 0 Å². The molecule has 3 saturated heterocycles. The first-order valence-electron chi connectivity index (χ1n) is 17.0. The highest BCUT2D eigenvalue weighted by molar-refractivity contribution is 5.79. The summed E-state index contributed by atoms with van der Waals surface area (Å²) >= 11 is 0. The Morgan fingerprint density at radius 3 is 2.17 bits per heavy atom. The van der Waals surface area contributed by atoms with Gasteiger partial charge in [-0.25, -0.2) is 4.79 Å². The number of rotatable bonds is 17. The number of carboxylic acids is 1. The van der Waals surface area contributed by atoms with Crippen LogP contribution < -0.4 is 10.6 Å². The van der Waals surface area contributed by atoms with Crippen LogP contribution in [0.15, 0.2) is 30.3 Å². The van der Waals surface area contributed by atoms with Crippen molar-refractivity contribution in [3.05, 3.63) is 35.9 Å². The average Bonchev–Trinajstić information content (AvgIpc) is 3.14. The van der Waals surface area contributed by atoms with Gasteiger partial charge in [-0.3, -0.25) is 4.79 Å². The smallest absolute Gasteiger partial charge is 0.364 e. The summed E-state index contributed by atoms with van der Waals surface area (Å²) in [6, 6.07) is 6.77. The number of hydrogen-bond donors (Lipinski definition) is 13. The quantitative estimate of drug-likeness (QED) is 0.0655. The Morgan fingerprint density at radius 1 is 0.906 bits per heavy atom. The molecule has 1 aromatic rings. The Bertz CT molecular complexity index is 1300. The highest BCUT2D eigenvalue weighted by atomic mass is 16.8. The molecule has 13 N–H and O–H groups in total. The van der Waals surface area contributed by atoms with E-state index in [2.05, 4.69) is 10.6 Å². The Kier molecular flexibility index (Phi) is 15.8. The van der Waals surface area contributed by atoms with Crippen LogP contribution >= 0.6 is 0 Å². The SMILES string of the molecule is CNCCO[C@@H]1OC(CO)[C@@H](O[C@@H]2OC(CO)[C@H](O)C(O[C@]3(C(=O)O)C[C@@H](O)[C@@H](NC(=O)Cc4ccccc4)C([C@H](O)[C@H](O)CO)O3)[C@@H]2O)C(O)[C@@H]1O. The standard InChI is InChI=1S/C32H50N2O19/c1-33-7-8-48-29-24(44)23(43)26(18(13-37)50-29)51-30-25(45)28(22(42)17(12-36)49-30)53-32(31(46)47)10-15(38)20(27(52-32)21(41)16(39)11-35)34-19(40)9-14-5-3-2-4-6-14/h2-6,15-18,20-30,33,35-39,41-45H,7-13H2,1H3,(H,34,40)(H,46,47)/t15-,16-,17?,18?,20-,21-,22+,23?,24+,25+,26-,27?,28?,29-,30+,32+/m1/s1. The van der Waals surface area contributed by atoms with Crippen LogP contribution in [0.1, 0.15) is 12.0 Å². The van der Waals surface area contributed by atoms with Crippen LogP contribution in [0.5, 0.6) is 0 Å². The van der Waals surface area contributed by atoms with Crippen LogP contribution in [0, 0.1) is 0 Å². The van der Waals surface area contributed by atoms with Crippen LogP contribution in [0.2, 0.25) is 0 Å². The van der Waals surface area contributed by atoms with E-state index in [1.807, 2.05) is 0 Å². The normalized spacial score (nSPS) is 38.9. The molecule has 3 aliphatic rings. The molecule has 0 radical (unpaired) electrons. The third-order valence-electron chi connectivity index (χ3n) is 9.25. The zero-order valence-electron chi connectivity index (χ0n) is 28.7. The van der Waals surface area contributed by atoms with E-state index in [1.165, 1.54) is 0 Å². The molecule has 21 nitrogen and oxygen atoms in total. The molecule has 0 aliphatic carbocycles. The summed E-state index contributed by atoms with van der Waals surface area (Å²) in [5.74, 6) is -5.71. The van der Waals surface area contributed by atoms with E-state index in [4.69, 9.17) is 28.4 Å². The summed E-state index contributed by atoms with van der Waals surface area (Å²) in [6.45, 7) is -2.41. The van der Waals surface area contributed by atoms with Crippen molar-refractivity contribution in [2.75, 3.05) is 40.0 Å². The number of aliphatic hydroxyl groups excluding tert-OH is 10. The van der Waals surface area contributed by atoms with Crippen molar-refractivity contribution in [3.63, 3.8) is 0 Å². The van der Waals surface area contributed by atoms with Gasteiger partial charge in [-0.05, 0) is 12.6 Å². The lowest BCUT2D eigenvalue weighted by molar-refractivity contribution is -0.386. The molecule has 0 saturated carbocycles. The van der Waals surface area contributed by atoms with Gasteiger partial charge >= 0.3 is 5.97 Å². The topological polar surface area (TPSA) is 336 Å². The summed E-state index contributed by atoms with van der Waals surface area (Å²) in [6.07, 6.45) is -27.2. The highest BCUT2D eigenvalue weighted by Crippen LogP contribution is 2.38. The monoisotopic (exact) mass is 766 g/mol. The fraction of sp³-hybridized carbons (Fsp3) is 0.750. The van der Waals surface area contributed by atoms with Crippen LogP contribution in [-0.4, -0.2) is 206 Å². The molecule has 3 heterocycles. The molecule has 0 aromatic heterocycles. The molecule has 302 valence electrons. The number of likely N-dealkylation sites (N-methyl/N-ethyl adjacent to an activating group) is 1. The second kappa shape index (κ2) is 19.4. The Hall–Kier alpha value is -2.52. The fourth-order valence-corrected chi connectivity index (χ4v) is 6.35. The van der Waals surface area contributed by atoms with Crippen LogP contribution in [0.4, 0.5) is 0 Å². The fourth-order valence-electron chi connectivity index (χ4n) is 6.35. The van der Waals surface area contributed by atoms with Crippen molar-refractivity contribution in [2.45, 2.75) is 110 Å². The van der Waals surface area contributed by atoms with E-state index in [0.29, 0.717) is 12.1 Å². The van der Waals surface area contributed by atoms with Crippen molar-refractivity contribution in [1.82, 2.24) is 10.6 Å². The number of carbonyl (C=O) groups is 2. The number of benzene rings is 1. The number of carboxylic acid groups (broad SMARTS) is 1. The number of carbonyl (C=O) groups excluding carboxylic acids is 1. The van der Waals surface area contributed by atoms with Gasteiger partial charge < -0.3 is 95.2 Å². The van der Waals surface area contributed by atoms with Gasteiger partial charge in [-0.15, -0.1) is 0 Å². The van der Waals surface area contributed by atoms with Crippen molar-refractivity contribution in [2.24, 2.45) is 0 Å². The molecule has 0 spiro atoms. The summed E-state index contributed by atoms with van der Waals surface area (Å²) in [4.78, 5) is 25.8. The minimum atomic E-state index is -3.05. The summed E-state index contributed by atoms with van der Waals surface area (Å²) in [5.41, 5.74) is 0.564. The van der Waals surface area contributed by atoms with Crippen LogP contribution in [-0.2, 0) is 44.4 Å². The molecular weight excluding hydrogens is 716 g/mol. The lowest BCUT2D eigenvalue weighted by Gasteiger charge is -2.50. The Labute approximate surface area is 303 Å². The van der Waals surface area contributed by atoms with E-state index in [0.717, 1.165) is 0 Å². The second-order valence-electron chi connectivity index (χ2n) is 13.0. The number of ether oxygens (including phenoxy) is 6. The Morgan fingerprint density at radius 2 is 1.57 bits per heavy atom. The van der Waals surface area contributed by atoms with Crippen LogP contribution in [0.3, 0.4) is 0 Å². The highest BCUT2D eigenvalue weighted by Gasteiger charge is 2.60. The first kappa shape index (κ1) is 43.2. The minimum absolute atomic E-state index is 0.0495. The first-order chi connectivity index (χ1) is 25.2. The average molecular weight is 767 g/mol. The molecule has 3 aliphatic heterocycles. The van der Waals surface area contributed by atoms with Gasteiger partial charge in [0, 0.05) is 13.0 Å². The summed E-state index contributed by atoms with van der Waals surface area (Å²) in [7, 11) is 1.65. The maximum absolute atomic E-state index is 13.0. The predicted octanol–water partition coefficient (Wildman–Crippen LogP) is -6.76. The van der Waals surface area contributed by atoms with E-state index in [-0.39, 0.29) is 13.0 Å². The van der Waals surface area contributed by atoms with Gasteiger partial charge in [0.15, 0.2) is 12.6 Å². The first-order valence-corrected chi connectivity index (χ1v) is 17.0. The van der Waals surface area contributed by atoms with Gasteiger partial charge in [0.25, 0.3) is 5.79 Å². The molecule has 5 unspecified atom stereocenters. The van der Waals surface area contributed by atoms with Crippen molar-refractivity contribution < 1.29 is 94.2 Å². The molecule has 3 fully saturated rings. The van der Waals surface area contributed by atoms with Gasteiger partial charge in [-0.2, -0.15) is 0 Å². The number of nitrogens with one attached hydrogen (secondary N) is 2. The maximum Gasteiger partial charge on any atom is 0.364 e. The summed E-state index contributed by atoms with van der Waals surface area (Å²) < 4.78 is 33.6.